The summed E-state index contributed by atoms with van der Waals surface area (Å²) in [5, 5.41) is 18.1. The zero-order valence-electron chi connectivity index (χ0n) is 11.0. The monoisotopic (exact) mass is 293 g/mol. The van der Waals surface area contributed by atoms with Gasteiger partial charge in [-0.3, -0.25) is 0 Å². The largest absolute Gasteiger partial charge is 0.492 e. The SMILES string of the molecule is OCc1nnn(CCOc2ccc(Cl)cc2)c1C1CC1. The Morgan fingerprint density at radius 3 is 2.70 bits per heavy atom. The van der Waals surface area contributed by atoms with Crippen molar-refractivity contribution in [3.63, 3.8) is 0 Å². The minimum Gasteiger partial charge on any atom is -0.492 e. The number of ether oxygens (including phenoxy) is 1. The molecule has 0 amide bonds. The molecule has 0 unspecified atom stereocenters. The quantitative estimate of drug-likeness (QED) is 0.888. The minimum absolute atomic E-state index is 0.0517. The van der Waals surface area contributed by atoms with E-state index in [2.05, 4.69) is 10.3 Å². The van der Waals surface area contributed by atoms with Crippen molar-refractivity contribution in [2.45, 2.75) is 31.9 Å². The zero-order chi connectivity index (χ0) is 13.9. The second-order valence-corrected chi connectivity index (χ2v) is 5.32. The number of aliphatic hydroxyl groups is 1. The molecule has 0 spiro atoms. The number of rotatable bonds is 6. The molecule has 1 saturated carbocycles. The van der Waals surface area contributed by atoms with Crippen molar-refractivity contribution >= 4 is 11.6 Å². The predicted molar refractivity (Wildman–Crippen MR) is 74.9 cm³/mol. The zero-order valence-corrected chi connectivity index (χ0v) is 11.8. The van der Waals surface area contributed by atoms with Gasteiger partial charge in [-0.15, -0.1) is 5.10 Å². The van der Waals surface area contributed by atoms with Crippen LogP contribution < -0.4 is 4.74 Å². The topological polar surface area (TPSA) is 60.2 Å². The molecule has 5 nitrogen and oxygen atoms in total. The molecule has 1 aliphatic rings. The lowest BCUT2D eigenvalue weighted by atomic mass is 10.2. The maximum Gasteiger partial charge on any atom is 0.119 e. The number of halogens is 1. The summed E-state index contributed by atoms with van der Waals surface area (Å²) >= 11 is 5.82. The van der Waals surface area contributed by atoms with E-state index in [4.69, 9.17) is 16.3 Å². The molecular formula is C14H16ClN3O2. The van der Waals surface area contributed by atoms with Gasteiger partial charge in [-0.05, 0) is 37.1 Å². The fraction of sp³-hybridized carbons (Fsp3) is 0.429. The van der Waals surface area contributed by atoms with Crippen LogP contribution in [0.4, 0.5) is 0 Å². The second kappa shape index (κ2) is 5.81. The molecular weight excluding hydrogens is 278 g/mol. The first kappa shape index (κ1) is 13.4. The van der Waals surface area contributed by atoms with Crippen LogP contribution in [0.2, 0.25) is 5.02 Å². The maximum atomic E-state index is 9.28. The third kappa shape index (κ3) is 2.94. The van der Waals surface area contributed by atoms with E-state index in [1.165, 1.54) is 0 Å². The molecule has 1 aromatic carbocycles. The molecule has 0 bridgehead atoms. The molecule has 1 heterocycles. The first-order chi connectivity index (χ1) is 9.78. The number of aliphatic hydroxyl groups excluding tert-OH is 1. The van der Waals surface area contributed by atoms with Gasteiger partial charge < -0.3 is 9.84 Å². The molecule has 0 atom stereocenters. The summed E-state index contributed by atoms with van der Waals surface area (Å²) in [4.78, 5) is 0. The summed E-state index contributed by atoms with van der Waals surface area (Å²) in [5.74, 6) is 1.28. The number of benzene rings is 1. The molecule has 1 fully saturated rings. The Kier molecular flexibility index (Phi) is 3.89. The van der Waals surface area contributed by atoms with Gasteiger partial charge in [0.1, 0.15) is 18.1 Å². The van der Waals surface area contributed by atoms with Crippen molar-refractivity contribution in [3.05, 3.63) is 40.7 Å². The summed E-state index contributed by atoms with van der Waals surface area (Å²) in [6.07, 6.45) is 2.30. The molecule has 106 valence electrons. The highest BCUT2D eigenvalue weighted by Crippen LogP contribution is 2.41. The first-order valence-corrected chi connectivity index (χ1v) is 7.07. The van der Waals surface area contributed by atoms with E-state index < -0.39 is 0 Å². The van der Waals surface area contributed by atoms with Crippen LogP contribution in [-0.4, -0.2) is 26.7 Å². The first-order valence-electron chi connectivity index (χ1n) is 6.69. The van der Waals surface area contributed by atoms with E-state index in [9.17, 15) is 5.11 Å². The van der Waals surface area contributed by atoms with Crippen molar-refractivity contribution < 1.29 is 9.84 Å². The van der Waals surface area contributed by atoms with Gasteiger partial charge in [0.25, 0.3) is 0 Å². The standard InChI is InChI=1S/C14H16ClN3O2/c15-11-3-5-12(6-4-11)20-8-7-18-14(10-1-2-10)13(9-19)16-17-18/h3-6,10,19H,1-2,7-9H2. The Balaban J connectivity index is 1.61. The predicted octanol–water partition coefficient (Wildman–Crippen LogP) is 2.38. The lowest BCUT2D eigenvalue weighted by Crippen LogP contribution is -2.12. The summed E-state index contributed by atoms with van der Waals surface area (Å²) in [6, 6.07) is 7.27. The van der Waals surface area contributed by atoms with Gasteiger partial charge in [-0.25, -0.2) is 4.68 Å². The van der Waals surface area contributed by atoms with Crippen LogP contribution in [0.3, 0.4) is 0 Å². The van der Waals surface area contributed by atoms with E-state index in [0.717, 1.165) is 24.3 Å². The Bertz CT molecular complexity index is 579. The molecule has 6 heteroatoms. The van der Waals surface area contributed by atoms with Gasteiger partial charge in [-0.1, -0.05) is 16.8 Å². The van der Waals surface area contributed by atoms with Crippen molar-refractivity contribution in [1.82, 2.24) is 15.0 Å². The number of nitrogens with zero attached hydrogens (tertiary/aromatic N) is 3. The summed E-state index contributed by atoms with van der Waals surface area (Å²) in [7, 11) is 0. The van der Waals surface area contributed by atoms with Gasteiger partial charge in [0.05, 0.1) is 18.8 Å². The van der Waals surface area contributed by atoms with Crippen LogP contribution in [-0.2, 0) is 13.2 Å². The van der Waals surface area contributed by atoms with Crippen LogP contribution >= 0.6 is 11.6 Å². The lowest BCUT2D eigenvalue weighted by molar-refractivity contribution is 0.274. The third-order valence-corrected chi connectivity index (χ3v) is 3.60. The van der Waals surface area contributed by atoms with Crippen molar-refractivity contribution in [2.75, 3.05) is 6.61 Å². The highest BCUT2D eigenvalue weighted by molar-refractivity contribution is 6.30. The summed E-state index contributed by atoms with van der Waals surface area (Å²) < 4.78 is 7.50. The average molecular weight is 294 g/mol. The molecule has 1 N–H and O–H groups in total. The van der Waals surface area contributed by atoms with Gasteiger partial charge in [0.2, 0.25) is 0 Å². The van der Waals surface area contributed by atoms with Gasteiger partial charge in [0, 0.05) is 10.9 Å². The molecule has 3 rings (SSSR count). The minimum atomic E-state index is -0.0517. The van der Waals surface area contributed by atoms with E-state index in [1.54, 1.807) is 12.1 Å². The Hall–Kier alpha value is -1.59. The van der Waals surface area contributed by atoms with Crippen LogP contribution in [0.5, 0.6) is 5.75 Å². The van der Waals surface area contributed by atoms with Crippen molar-refractivity contribution in [1.29, 1.82) is 0 Å². The maximum absolute atomic E-state index is 9.28. The Morgan fingerprint density at radius 1 is 1.30 bits per heavy atom. The van der Waals surface area contributed by atoms with Crippen LogP contribution in [0.15, 0.2) is 24.3 Å². The fourth-order valence-corrected chi connectivity index (χ4v) is 2.34. The van der Waals surface area contributed by atoms with E-state index in [0.29, 0.717) is 29.8 Å². The van der Waals surface area contributed by atoms with Crippen LogP contribution in [0.25, 0.3) is 0 Å². The van der Waals surface area contributed by atoms with Crippen molar-refractivity contribution in [2.24, 2.45) is 0 Å². The van der Waals surface area contributed by atoms with Crippen molar-refractivity contribution in [3.8, 4) is 5.75 Å². The van der Waals surface area contributed by atoms with Gasteiger partial charge in [0.15, 0.2) is 0 Å². The van der Waals surface area contributed by atoms with Crippen LogP contribution in [0, 0.1) is 0 Å². The van der Waals surface area contributed by atoms with Gasteiger partial charge in [-0.2, -0.15) is 0 Å². The average Bonchev–Trinajstić information content (AvgIpc) is 3.22. The molecule has 0 aliphatic heterocycles. The third-order valence-electron chi connectivity index (χ3n) is 3.35. The summed E-state index contributed by atoms with van der Waals surface area (Å²) in [5.41, 5.74) is 1.76. The molecule has 0 radical (unpaired) electrons. The number of hydrogen-bond donors (Lipinski definition) is 1. The lowest BCUT2D eigenvalue weighted by Gasteiger charge is -2.08. The smallest absolute Gasteiger partial charge is 0.119 e. The van der Waals surface area contributed by atoms with E-state index >= 15 is 0 Å². The van der Waals surface area contributed by atoms with Gasteiger partial charge >= 0.3 is 0 Å². The Morgan fingerprint density at radius 2 is 2.05 bits per heavy atom. The Labute approximate surface area is 122 Å². The molecule has 1 aliphatic carbocycles. The summed E-state index contributed by atoms with van der Waals surface area (Å²) in [6.45, 7) is 1.08. The van der Waals surface area contributed by atoms with E-state index in [1.807, 2.05) is 16.8 Å². The number of aromatic nitrogens is 3. The normalized spacial score (nSPS) is 14.5. The molecule has 1 aromatic heterocycles. The second-order valence-electron chi connectivity index (χ2n) is 4.88. The number of hydrogen-bond acceptors (Lipinski definition) is 4. The van der Waals surface area contributed by atoms with E-state index in [-0.39, 0.29) is 6.61 Å². The molecule has 20 heavy (non-hydrogen) atoms. The molecule has 2 aromatic rings. The van der Waals surface area contributed by atoms with Crippen LogP contribution in [0.1, 0.15) is 30.1 Å². The molecule has 0 saturated heterocycles. The highest BCUT2D eigenvalue weighted by Gasteiger charge is 2.30. The highest BCUT2D eigenvalue weighted by atomic mass is 35.5. The fourth-order valence-electron chi connectivity index (χ4n) is 2.22.